The van der Waals surface area contributed by atoms with E-state index in [1.165, 1.54) is 11.1 Å². The van der Waals surface area contributed by atoms with Gasteiger partial charge in [-0.05, 0) is 41.8 Å². The third kappa shape index (κ3) is 3.50. The van der Waals surface area contributed by atoms with Crippen LogP contribution >= 0.6 is 12.4 Å². The summed E-state index contributed by atoms with van der Waals surface area (Å²) in [5.41, 5.74) is 10.1. The van der Waals surface area contributed by atoms with Crippen LogP contribution in [0.3, 0.4) is 0 Å². The minimum atomic E-state index is -0.268. The van der Waals surface area contributed by atoms with E-state index in [9.17, 15) is 4.79 Å². The number of amides is 1. The molecule has 0 saturated heterocycles. The van der Waals surface area contributed by atoms with Crippen LogP contribution in [0.15, 0.2) is 84.9 Å². The Hall–Kier alpha value is -2.62. The lowest BCUT2D eigenvalue weighted by Gasteiger charge is -2.12. The molecule has 1 aliphatic carbocycles. The van der Waals surface area contributed by atoms with Gasteiger partial charge in [0.05, 0.1) is 0 Å². The van der Waals surface area contributed by atoms with Crippen molar-refractivity contribution in [3.63, 3.8) is 0 Å². The predicted molar refractivity (Wildman–Crippen MR) is 108 cm³/mol. The van der Waals surface area contributed by atoms with Crippen molar-refractivity contribution in [1.82, 2.24) is 0 Å². The normalized spacial score (nSPS) is 20.7. The van der Waals surface area contributed by atoms with E-state index in [4.69, 9.17) is 5.73 Å². The van der Waals surface area contributed by atoms with Gasteiger partial charge in [-0.1, -0.05) is 60.7 Å². The number of rotatable bonds is 4. The molecule has 2 atom stereocenters. The number of nitrogens with one attached hydrogen (secondary N) is 1. The second kappa shape index (κ2) is 7.32. The molecule has 1 saturated carbocycles. The number of carbonyl (C=O) groups is 1. The number of halogens is 1. The highest BCUT2D eigenvalue weighted by molar-refractivity contribution is 6.04. The molecule has 1 fully saturated rings. The summed E-state index contributed by atoms with van der Waals surface area (Å²) in [5.74, 6) is 0.228. The Morgan fingerprint density at radius 1 is 0.885 bits per heavy atom. The van der Waals surface area contributed by atoms with Gasteiger partial charge in [0.25, 0.3) is 5.91 Å². The van der Waals surface area contributed by atoms with Crippen molar-refractivity contribution in [3.05, 3.63) is 102 Å². The first kappa shape index (κ1) is 18.2. The summed E-state index contributed by atoms with van der Waals surface area (Å²) in [6.07, 6.45) is 0.951. The molecule has 3 aromatic rings. The summed E-state index contributed by atoms with van der Waals surface area (Å²) in [6.45, 7) is 0. The molecular weight excluding hydrogens is 344 g/mol. The van der Waals surface area contributed by atoms with Gasteiger partial charge in [-0.2, -0.15) is 0 Å². The summed E-state index contributed by atoms with van der Waals surface area (Å²) >= 11 is 0. The van der Waals surface area contributed by atoms with Crippen molar-refractivity contribution < 1.29 is 4.79 Å². The van der Waals surface area contributed by atoms with Crippen molar-refractivity contribution in [2.45, 2.75) is 17.9 Å². The first-order chi connectivity index (χ1) is 12.2. The van der Waals surface area contributed by atoms with E-state index in [2.05, 4.69) is 29.6 Å². The molecule has 0 unspecified atom stereocenters. The van der Waals surface area contributed by atoms with E-state index >= 15 is 0 Å². The van der Waals surface area contributed by atoms with Gasteiger partial charge in [-0.3, -0.25) is 4.79 Å². The summed E-state index contributed by atoms with van der Waals surface area (Å²) in [7, 11) is 0. The maximum atomic E-state index is 12.2. The number of nitrogens with two attached hydrogens (primary N) is 1. The number of benzene rings is 3. The molecule has 0 radical (unpaired) electrons. The molecule has 0 aliphatic heterocycles. The average molecular weight is 365 g/mol. The van der Waals surface area contributed by atoms with Crippen LogP contribution in [0.2, 0.25) is 0 Å². The van der Waals surface area contributed by atoms with E-state index in [0.717, 1.165) is 12.1 Å². The second-order valence-electron chi connectivity index (χ2n) is 6.61. The van der Waals surface area contributed by atoms with E-state index in [1.807, 2.05) is 48.5 Å². The Kier molecular flexibility index (Phi) is 5.12. The SMILES string of the molecule is Cl.N[C@@]1(c2ccccc2)C[C@H]1c1ccc(NC(=O)c2ccccc2)cc1. The molecule has 1 amide bonds. The minimum Gasteiger partial charge on any atom is -0.322 e. The standard InChI is InChI=1S/C22H20N2O.ClH/c23-22(18-9-5-2-6-10-18)15-20(22)16-11-13-19(14-12-16)24-21(25)17-7-3-1-4-8-17;/h1-14,20H,15,23H2,(H,24,25);1H/t20-,22+;/m0./s1. The van der Waals surface area contributed by atoms with Crippen molar-refractivity contribution in [2.24, 2.45) is 5.73 Å². The van der Waals surface area contributed by atoms with Gasteiger partial charge in [0.1, 0.15) is 0 Å². The van der Waals surface area contributed by atoms with Crippen LogP contribution in [0.5, 0.6) is 0 Å². The third-order valence-corrected chi connectivity index (χ3v) is 4.92. The average Bonchev–Trinajstić information content (AvgIpc) is 3.37. The highest BCUT2D eigenvalue weighted by Gasteiger charge is 2.52. The number of carbonyl (C=O) groups excluding carboxylic acids is 1. The Balaban J connectivity index is 0.00000196. The fourth-order valence-corrected chi connectivity index (χ4v) is 3.35. The Labute approximate surface area is 159 Å². The molecule has 3 N–H and O–H groups in total. The number of hydrogen-bond donors (Lipinski definition) is 2. The molecule has 0 spiro atoms. The molecule has 4 rings (SSSR count). The zero-order chi connectivity index (χ0) is 17.3. The lowest BCUT2D eigenvalue weighted by Crippen LogP contribution is -2.21. The first-order valence-electron chi connectivity index (χ1n) is 8.47. The van der Waals surface area contributed by atoms with Gasteiger partial charge in [0.2, 0.25) is 0 Å². The molecule has 0 bridgehead atoms. The summed E-state index contributed by atoms with van der Waals surface area (Å²) in [4.78, 5) is 12.2. The Morgan fingerprint density at radius 3 is 2.08 bits per heavy atom. The first-order valence-corrected chi connectivity index (χ1v) is 8.47. The van der Waals surface area contributed by atoms with Crippen LogP contribution in [-0.4, -0.2) is 5.91 Å². The molecule has 4 heteroatoms. The van der Waals surface area contributed by atoms with E-state index < -0.39 is 0 Å². The fraction of sp³-hybridized carbons (Fsp3) is 0.136. The maximum Gasteiger partial charge on any atom is 0.255 e. The topological polar surface area (TPSA) is 55.1 Å². The lowest BCUT2D eigenvalue weighted by molar-refractivity contribution is 0.102. The van der Waals surface area contributed by atoms with Gasteiger partial charge in [-0.15, -0.1) is 12.4 Å². The zero-order valence-electron chi connectivity index (χ0n) is 14.3. The highest BCUT2D eigenvalue weighted by Crippen LogP contribution is 2.56. The largest absolute Gasteiger partial charge is 0.322 e. The van der Waals surface area contributed by atoms with Gasteiger partial charge in [-0.25, -0.2) is 0 Å². The van der Waals surface area contributed by atoms with Crippen molar-refractivity contribution in [2.75, 3.05) is 5.32 Å². The molecular formula is C22H21ClN2O. The summed E-state index contributed by atoms with van der Waals surface area (Å²) in [6, 6.07) is 27.5. The molecule has 3 nitrogen and oxygen atoms in total. The highest BCUT2D eigenvalue weighted by atomic mass is 35.5. The quantitative estimate of drug-likeness (QED) is 0.704. The van der Waals surface area contributed by atoms with Gasteiger partial charge in [0.15, 0.2) is 0 Å². The molecule has 1 aliphatic rings. The monoisotopic (exact) mass is 364 g/mol. The van der Waals surface area contributed by atoms with Crippen LogP contribution < -0.4 is 11.1 Å². The Morgan fingerprint density at radius 2 is 1.46 bits per heavy atom. The minimum absolute atomic E-state index is 0. The van der Waals surface area contributed by atoms with Crippen molar-refractivity contribution in [3.8, 4) is 0 Å². The van der Waals surface area contributed by atoms with Crippen LogP contribution in [0.25, 0.3) is 0 Å². The van der Waals surface area contributed by atoms with Gasteiger partial charge >= 0.3 is 0 Å². The van der Waals surface area contributed by atoms with Gasteiger partial charge in [0, 0.05) is 22.7 Å². The van der Waals surface area contributed by atoms with Crippen LogP contribution in [0, 0.1) is 0 Å². The second-order valence-corrected chi connectivity index (χ2v) is 6.61. The summed E-state index contributed by atoms with van der Waals surface area (Å²) < 4.78 is 0. The number of hydrogen-bond acceptors (Lipinski definition) is 2. The van der Waals surface area contributed by atoms with E-state index in [0.29, 0.717) is 11.5 Å². The maximum absolute atomic E-state index is 12.2. The van der Waals surface area contributed by atoms with Crippen LogP contribution in [-0.2, 0) is 5.54 Å². The molecule has 0 aromatic heterocycles. The molecule has 132 valence electrons. The van der Waals surface area contributed by atoms with Crippen LogP contribution in [0.4, 0.5) is 5.69 Å². The van der Waals surface area contributed by atoms with E-state index in [-0.39, 0.29) is 23.9 Å². The molecule has 0 heterocycles. The summed E-state index contributed by atoms with van der Waals surface area (Å²) in [5, 5.41) is 2.93. The van der Waals surface area contributed by atoms with Gasteiger partial charge < -0.3 is 11.1 Å². The third-order valence-electron chi connectivity index (χ3n) is 4.92. The van der Waals surface area contributed by atoms with Crippen molar-refractivity contribution in [1.29, 1.82) is 0 Å². The smallest absolute Gasteiger partial charge is 0.255 e. The fourth-order valence-electron chi connectivity index (χ4n) is 3.35. The number of anilines is 1. The van der Waals surface area contributed by atoms with Crippen LogP contribution in [0.1, 0.15) is 33.8 Å². The predicted octanol–water partition coefficient (Wildman–Crippen LogP) is 4.70. The molecule has 3 aromatic carbocycles. The lowest BCUT2D eigenvalue weighted by atomic mass is 9.99. The zero-order valence-corrected chi connectivity index (χ0v) is 15.1. The van der Waals surface area contributed by atoms with E-state index in [1.54, 1.807) is 12.1 Å². The van der Waals surface area contributed by atoms with Crippen molar-refractivity contribution >= 4 is 24.0 Å². The molecule has 26 heavy (non-hydrogen) atoms. The Bertz CT molecular complexity index is 881.